The number of benzene rings is 1. The molecule has 154 valence electrons. The zero-order chi connectivity index (χ0) is 20.7. The third-order valence-corrected chi connectivity index (χ3v) is 5.88. The average Bonchev–Trinajstić information content (AvgIpc) is 2.69. The van der Waals surface area contributed by atoms with E-state index in [9.17, 15) is 19.5 Å². The number of rotatable bonds is 8. The summed E-state index contributed by atoms with van der Waals surface area (Å²) >= 11 is 0. The molecule has 2 unspecified atom stereocenters. The van der Waals surface area contributed by atoms with Crippen molar-refractivity contribution in [3.8, 4) is 0 Å². The highest BCUT2D eigenvalue weighted by Gasteiger charge is 2.35. The Labute approximate surface area is 167 Å². The fourth-order valence-electron chi connectivity index (χ4n) is 3.50. The molecule has 2 rings (SSSR count). The number of carbonyl (C=O) groups is 3. The number of hydrogen-bond acceptors (Lipinski definition) is 3. The van der Waals surface area contributed by atoms with Crippen LogP contribution >= 0.6 is 0 Å². The third kappa shape index (κ3) is 5.57. The van der Waals surface area contributed by atoms with E-state index in [0.717, 1.165) is 30.5 Å². The molecule has 0 aliphatic heterocycles. The van der Waals surface area contributed by atoms with Crippen molar-refractivity contribution in [2.45, 2.75) is 59.3 Å². The minimum Gasteiger partial charge on any atom is -0.481 e. The molecule has 6 heteroatoms. The molecule has 1 fully saturated rings. The number of carbonyl (C=O) groups excluding carboxylic acids is 2. The first-order valence-electron chi connectivity index (χ1n) is 10.2. The van der Waals surface area contributed by atoms with Crippen molar-refractivity contribution < 1.29 is 19.5 Å². The maximum absolute atomic E-state index is 12.5. The Bertz CT molecular complexity index is 714. The van der Waals surface area contributed by atoms with Gasteiger partial charge in [-0.15, -0.1) is 0 Å². The standard InChI is InChI=1S/C22H32N2O4/c1-4-22(2,3)21(28)24-18-12-8-5-9-15(18)13-14-23-19(25)16-10-6-7-11-17(16)20(26)27/h5,8-9,12,16-17H,4,6-7,10-11,13-14H2,1-3H3,(H,23,25)(H,24,28)(H,26,27). The fraction of sp³-hybridized carbons (Fsp3) is 0.591. The van der Waals surface area contributed by atoms with Gasteiger partial charge < -0.3 is 15.7 Å². The lowest BCUT2D eigenvalue weighted by molar-refractivity contribution is -0.148. The first kappa shape index (κ1) is 21.9. The van der Waals surface area contributed by atoms with Crippen LogP contribution in [0.5, 0.6) is 0 Å². The van der Waals surface area contributed by atoms with E-state index in [1.807, 2.05) is 45.0 Å². The van der Waals surface area contributed by atoms with Gasteiger partial charge in [-0.25, -0.2) is 0 Å². The molecule has 2 amide bonds. The van der Waals surface area contributed by atoms with Gasteiger partial charge in [0, 0.05) is 17.6 Å². The largest absolute Gasteiger partial charge is 0.481 e. The molecule has 1 aromatic carbocycles. The smallest absolute Gasteiger partial charge is 0.307 e. The topological polar surface area (TPSA) is 95.5 Å². The van der Waals surface area contributed by atoms with E-state index in [1.54, 1.807) is 0 Å². The molecule has 0 bridgehead atoms. The quantitative estimate of drug-likeness (QED) is 0.634. The van der Waals surface area contributed by atoms with Crippen molar-refractivity contribution >= 4 is 23.5 Å². The highest BCUT2D eigenvalue weighted by molar-refractivity contribution is 5.95. The summed E-state index contributed by atoms with van der Waals surface area (Å²) in [5.74, 6) is -2.13. The number of nitrogens with one attached hydrogen (secondary N) is 2. The molecule has 0 saturated heterocycles. The van der Waals surface area contributed by atoms with E-state index in [-0.39, 0.29) is 11.8 Å². The molecule has 0 heterocycles. The lowest BCUT2D eigenvalue weighted by Gasteiger charge is -2.27. The summed E-state index contributed by atoms with van der Waals surface area (Å²) in [4.78, 5) is 36.4. The molecule has 1 saturated carbocycles. The first-order valence-corrected chi connectivity index (χ1v) is 10.2. The first-order chi connectivity index (χ1) is 13.3. The minimum absolute atomic E-state index is 0.0296. The Hall–Kier alpha value is -2.37. The monoisotopic (exact) mass is 388 g/mol. The maximum Gasteiger partial charge on any atom is 0.307 e. The predicted octanol–water partition coefficient (Wildman–Crippen LogP) is 3.61. The number of carboxylic acids is 1. The lowest BCUT2D eigenvalue weighted by Crippen LogP contribution is -2.40. The molecule has 1 aromatic rings. The van der Waals surface area contributed by atoms with Crippen LogP contribution in [-0.4, -0.2) is 29.4 Å². The summed E-state index contributed by atoms with van der Waals surface area (Å²) in [5, 5.41) is 15.2. The summed E-state index contributed by atoms with van der Waals surface area (Å²) in [5.41, 5.74) is 1.25. The molecule has 0 aromatic heterocycles. The molecule has 0 spiro atoms. The number of para-hydroxylation sites is 1. The second kappa shape index (κ2) is 9.71. The van der Waals surface area contributed by atoms with Crippen molar-refractivity contribution in [2.75, 3.05) is 11.9 Å². The molecule has 1 aliphatic rings. The zero-order valence-electron chi connectivity index (χ0n) is 17.1. The molecule has 0 radical (unpaired) electrons. The minimum atomic E-state index is -0.883. The Morgan fingerprint density at radius 3 is 2.39 bits per heavy atom. The van der Waals surface area contributed by atoms with Crippen molar-refractivity contribution in [1.29, 1.82) is 0 Å². The molecule has 6 nitrogen and oxygen atoms in total. The van der Waals surface area contributed by atoms with Crippen molar-refractivity contribution in [3.05, 3.63) is 29.8 Å². The number of carboxylic acid groups (broad SMARTS) is 1. The van der Waals surface area contributed by atoms with E-state index < -0.39 is 23.2 Å². The number of aliphatic carboxylic acids is 1. The van der Waals surface area contributed by atoms with E-state index in [4.69, 9.17) is 0 Å². The SMILES string of the molecule is CCC(C)(C)C(=O)Nc1ccccc1CCNC(=O)C1CCCCC1C(=O)O. The van der Waals surface area contributed by atoms with Crippen LogP contribution in [-0.2, 0) is 20.8 Å². The van der Waals surface area contributed by atoms with Gasteiger partial charge in [0.05, 0.1) is 11.8 Å². The van der Waals surface area contributed by atoms with Gasteiger partial charge >= 0.3 is 5.97 Å². The Balaban J connectivity index is 1.95. The van der Waals surface area contributed by atoms with E-state index in [2.05, 4.69) is 10.6 Å². The molecular formula is C22H32N2O4. The van der Waals surface area contributed by atoms with Crippen molar-refractivity contribution in [3.63, 3.8) is 0 Å². The van der Waals surface area contributed by atoms with Crippen LogP contribution in [0.3, 0.4) is 0 Å². The summed E-state index contributed by atoms with van der Waals surface area (Å²) in [6.07, 6.45) is 4.26. The van der Waals surface area contributed by atoms with Crippen LogP contribution in [0.2, 0.25) is 0 Å². The molecule has 28 heavy (non-hydrogen) atoms. The third-order valence-electron chi connectivity index (χ3n) is 5.88. The van der Waals surface area contributed by atoms with Gasteiger partial charge in [-0.1, -0.05) is 51.8 Å². The Kier molecular flexibility index (Phi) is 7.61. The van der Waals surface area contributed by atoms with Gasteiger partial charge in [0.15, 0.2) is 0 Å². The second-order valence-electron chi connectivity index (χ2n) is 8.23. The van der Waals surface area contributed by atoms with Gasteiger partial charge in [0.25, 0.3) is 0 Å². The maximum atomic E-state index is 12.5. The van der Waals surface area contributed by atoms with E-state index >= 15 is 0 Å². The van der Waals surface area contributed by atoms with Crippen molar-refractivity contribution in [1.82, 2.24) is 5.32 Å². The summed E-state index contributed by atoms with van der Waals surface area (Å²) in [6, 6.07) is 7.57. The van der Waals surface area contributed by atoms with Gasteiger partial charge in [-0.05, 0) is 37.3 Å². The highest BCUT2D eigenvalue weighted by Crippen LogP contribution is 2.30. The van der Waals surface area contributed by atoms with E-state index in [0.29, 0.717) is 25.8 Å². The molecule has 2 atom stereocenters. The zero-order valence-corrected chi connectivity index (χ0v) is 17.1. The normalized spacial score (nSPS) is 19.7. The van der Waals surface area contributed by atoms with Crippen LogP contribution in [0, 0.1) is 17.3 Å². The second-order valence-corrected chi connectivity index (χ2v) is 8.23. The van der Waals surface area contributed by atoms with E-state index in [1.165, 1.54) is 0 Å². The van der Waals surface area contributed by atoms with Crippen LogP contribution < -0.4 is 10.6 Å². The van der Waals surface area contributed by atoms with Crippen LogP contribution in [0.1, 0.15) is 58.4 Å². The highest BCUT2D eigenvalue weighted by atomic mass is 16.4. The Morgan fingerprint density at radius 1 is 1.11 bits per heavy atom. The predicted molar refractivity (Wildman–Crippen MR) is 109 cm³/mol. The van der Waals surface area contributed by atoms with Crippen LogP contribution in [0.4, 0.5) is 5.69 Å². The fourth-order valence-corrected chi connectivity index (χ4v) is 3.50. The lowest BCUT2D eigenvalue weighted by atomic mass is 9.78. The Morgan fingerprint density at radius 2 is 1.75 bits per heavy atom. The van der Waals surface area contributed by atoms with Gasteiger partial charge in [-0.3, -0.25) is 14.4 Å². The van der Waals surface area contributed by atoms with Gasteiger partial charge in [0.1, 0.15) is 0 Å². The van der Waals surface area contributed by atoms with Crippen LogP contribution in [0.15, 0.2) is 24.3 Å². The molecule has 1 aliphatic carbocycles. The summed E-state index contributed by atoms with van der Waals surface area (Å²) in [6.45, 7) is 6.21. The van der Waals surface area contributed by atoms with Crippen LogP contribution in [0.25, 0.3) is 0 Å². The number of amides is 2. The summed E-state index contributed by atoms with van der Waals surface area (Å²) in [7, 11) is 0. The van der Waals surface area contributed by atoms with Crippen molar-refractivity contribution in [2.24, 2.45) is 17.3 Å². The van der Waals surface area contributed by atoms with Gasteiger partial charge in [-0.2, -0.15) is 0 Å². The van der Waals surface area contributed by atoms with Gasteiger partial charge in [0.2, 0.25) is 11.8 Å². The summed E-state index contributed by atoms with van der Waals surface area (Å²) < 4.78 is 0. The number of hydrogen-bond donors (Lipinski definition) is 3. The molecular weight excluding hydrogens is 356 g/mol. The number of anilines is 1. The average molecular weight is 389 g/mol. The molecule has 3 N–H and O–H groups in total.